The molecule has 0 aliphatic heterocycles. The van der Waals surface area contributed by atoms with Gasteiger partial charge in [0.15, 0.2) is 5.78 Å². The van der Waals surface area contributed by atoms with Crippen LogP contribution in [0.15, 0.2) is 66.7 Å². The molecule has 0 fully saturated rings. The smallest absolute Gasteiger partial charge is 0.185 e. The van der Waals surface area contributed by atoms with Gasteiger partial charge in [0.1, 0.15) is 18.1 Å². The average molecular weight is 429 g/mol. The molecule has 0 aromatic heterocycles. The molecule has 0 aliphatic rings. The Morgan fingerprint density at radius 2 is 1.56 bits per heavy atom. The lowest BCUT2D eigenvalue weighted by Gasteiger charge is -2.23. The summed E-state index contributed by atoms with van der Waals surface area (Å²) in [5.41, 5.74) is 5.97. The standard InChI is InChI=1S/C29H32O3/c1-20-7-12-23(13-8-20)26(30)15-10-22-11-16-27(31-6)24(18-22)19-32-28-17-21(2)9-14-25(28)29(3,4)5/h7-18H,19H2,1-6H3/b15-10+. The predicted molar refractivity (Wildman–Crippen MR) is 132 cm³/mol. The Kier molecular flexibility index (Phi) is 7.19. The van der Waals surface area contributed by atoms with Gasteiger partial charge in [0.25, 0.3) is 0 Å². The van der Waals surface area contributed by atoms with Crippen LogP contribution in [0.5, 0.6) is 11.5 Å². The SMILES string of the molecule is COc1ccc(/C=C/C(=O)c2ccc(C)cc2)cc1COc1cc(C)ccc1C(C)(C)C. The molecule has 0 radical (unpaired) electrons. The molecule has 3 nitrogen and oxygen atoms in total. The van der Waals surface area contributed by atoms with Crippen molar-refractivity contribution in [1.82, 2.24) is 0 Å². The van der Waals surface area contributed by atoms with E-state index < -0.39 is 0 Å². The molecule has 0 unspecified atom stereocenters. The van der Waals surface area contributed by atoms with Crippen molar-refractivity contribution < 1.29 is 14.3 Å². The largest absolute Gasteiger partial charge is 0.496 e. The van der Waals surface area contributed by atoms with Gasteiger partial charge in [-0.3, -0.25) is 4.79 Å². The van der Waals surface area contributed by atoms with Crippen LogP contribution in [0.2, 0.25) is 0 Å². The molecule has 166 valence electrons. The number of aryl methyl sites for hydroxylation is 2. The number of carbonyl (C=O) groups is 1. The van der Waals surface area contributed by atoms with E-state index in [2.05, 4.69) is 45.9 Å². The van der Waals surface area contributed by atoms with E-state index in [4.69, 9.17) is 9.47 Å². The fraction of sp³-hybridized carbons (Fsp3) is 0.276. The summed E-state index contributed by atoms with van der Waals surface area (Å²) in [6, 6.07) is 19.8. The third-order valence-electron chi connectivity index (χ3n) is 5.40. The van der Waals surface area contributed by atoms with Crippen LogP contribution in [0.25, 0.3) is 6.08 Å². The first kappa shape index (κ1) is 23.3. The number of hydrogen-bond donors (Lipinski definition) is 0. The lowest BCUT2D eigenvalue weighted by Crippen LogP contribution is -2.13. The van der Waals surface area contributed by atoms with E-state index in [0.29, 0.717) is 12.2 Å². The zero-order valence-electron chi connectivity index (χ0n) is 19.9. The summed E-state index contributed by atoms with van der Waals surface area (Å²) in [6.07, 6.45) is 3.44. The maximum Gasteiger partial charge on any atom is 0.185 e. The Labute approximate surface area is 191 Å². The number of benzene rings is 3. The van der Waals surface area contributed by atoms with E-state index in [1.165, 1.54) is 5.56 Å². The summed E-state index contributed by atoms with van der Waals surface area (Å²) in [6.45, 7) is 11.0. The van der Waals surface area contributed by atoms with Crippen LogP contribution in [0.4, 0.5) is 0 Å². The molecular formula is C29H32O3. The highest BCUT2D eigenvalue weighted by atomic mass is 16.5. The van der Waals surface area contributed by atoms with Crippen molar-refractivity contribution in [3.05, 3.63) is 100 Å². The van der Waals surface area contributed by atoms with Crippen molar-refractivity contribution in [3.8, 4) is 11.5 Å². The Morgan fingerprint density at radius 3 is 2.22 bits per heavy atom. The van der Waals surface area contributed by atoms with Gasteiger partial charge >= 0.3 is 0 Å². The average Bonchev–Trinajstić information content (AvgIpc) is 2.75. The van der Waals surface area contributed by atoms with Crippen molar-refractivity contribution >= 4 is 11.9 Å². The highest BCUT2D eigenvalue weighted by Crippen LogP contribution is 2.33. The van der Waals surface area contributed by atoms with Gasteiger partial charge in [0, 0.05) is 11.1 Å². The summed E-state index contributed by atoms with van der Waals surface area (Å²) < 4.78 is 11.8. The van der Waals surface area contributed by atoms with E-state index in [-0.39, 0.29) is 11.2 Å². The third kappa shape index (κ3) is 5.88. The van der Waals surface area contributed by atoms with E-state index >= 15 is 0 Å². The molecule has 3 aromatic carbocycles. The first-order chi connectivity index (χ1) is 15.2. The highest BCUT2D eigenvalue weighted by Gasteiger charge is 2.19. The molecule has 0 bridgehead atoms. The molecule has 0 N–H and O–H groups in total. The fourth-order valence-electron chi connectivity index (χ4n) is 3.53. The van der Waals surface area contributed by atoms with Crippen molar-refractivity contribution in [1.29, 1.82) is 0 Å². The molecule has 32 heavy (non-hydrogen) atoms. The van der Waals surface area contributed by atoms with Crippen LogP contribution in [-0.4, -0.2) is 12.9 Å². The second-order valence-corrected chi connectivity index (χ2v) is 9.17. The zero-order chi connectivity index (χ0) is 23.3. The molecular weight excluding hydrogens is 396 g/mol. The molecule has 0 amide bonds. The maximum atomic E-state index is 12.5. The van der Waals surface area contributed by atoms with E-state index in [0.717, 1.165) is 33.8 Å². The van der Waals surface area contributed by atoms with Crippen LogP contribution < -0.4 is 9.47 Å². The van der Waals surface area contributed by atoms with Gasteiger partial charge in [0.05, 0.1) is 7.11 Å². The molecule has 0 spiro atoms. The van der Waals surface area contributed by atoms with Crippen LogP contribution in [0.1, 0.15) is 58.9 Å². The van der Waals surface area contributed by atoms with Crippen molar-refractivity contribution in [2.75, 3.05) is 7.11 Å². The van der Waals surface area contributed by atoms with Gasteiger partial charge in [-0.1, -0.05) is 74.9 Å². The Bertz CT molecular complexity index is 1120. The molecule has 0 heterocycles. The van der Waals surface area contributed by atoms with Crippen LogP contribution >= 0.6 is 0 Å². The normalized spacial score (nSPS) is 11.6. The minimum Gasteiger partial charge on any atom is -0.496 e. The molecule has 0 aliphatic carbocycles. The summed E-state index contributed by atoms with van der Waals surface area (Å²) in [7, 11) is 1.66. The van der Waals surface area contributed by atoms with Gasteiger partial charge < -0.3 is 9.47 Å². The zero-order valence-corrected chi connectivity index (χ0v) is 19.9. The number of ether oxygens (including phenoxy) is 2. The Balaban J connectivity index is 1.81. The van der Waals surface area contributed by atoms with Crippen LogP contribution in [0.3, 0.4) is 0 Å². The molecule has 3 heteroatoms. The molecule has 0 saturated heterocycles. The third-order valence-corrected chi connectivity index (χ3v) is 5.40. The van der Waals surface area contributed by atoms with Gasteiger partial charge in [-0.15, -0.1) is 0 Å². The van der Waals surface area contributed by atoms with Crippen molar-refractivity contribution in [2.24, 2.45) is 0 Å². The summed E-state index contributed by atoms with van der Waals surface area (Å²) in [5, 5.41) is 0. The molecule has 3 rings (SSSR count). The maximum absolute atomic E-state index is 12.5. The van der Waals surface area contributed by atoms with Crippen LogP contribution in [-0.2, 0) is 12.0 Å². The molecule has 3 aromatic rings. The molecule has 0 atom stereocenters. The van der Waals surface area contributed by atoms with E-state index in [1.807, 2.05) is 55.5 Å². The quantitative estimate of drug-likeness (QED) is 0.298. The molecule has 0 saturated carbocycles. The van der Waals surface area contributed by atoms with Gasteiger partial charge in [-0.25, -0.2) is 0 Å². The lowest BCUT2D eigenvalue weighted by molar-refractivity contribution is 0.104. The number of ketones is 1. The van der Waals surface area contributed by atoms with Gasteiger partial charge in [0.2, 0.25) is 0 Å². The number of methoxy groups -OCH3 is 1. The lowest BCUT2D eigenvalue weighted by atomic mass is 9.86. The summed E-state index contributed by atoms with van der Waals surface area (Å²) in [4.78, 5) is 12.5. The van der Waals surface area contributed by atoms with Gasteiger partial charge in [-0.2, -0.15) is 0 Å². The summed E-state index contributed by atoms with van der Waals surface area (Å²) in [5.74, 6) is 1.63. The Morgan fingerprint density at radius 1 is 0.875 bits per heavy atom. The topological polar surface area (TPSA) is 35.5 Å². The predicted octanol–water partition coefficient (Wildman–Crippen LogP) is 7.08. The second kappa shape index (κ2) is 9.86. The highest BCUT2D eigenvalue weighted by molar-refractivity contribution is 6.06. The van der Waals surface area contributed by atoms with E-state index in [1.54, 1.807) is 13.2 Å². The first-order valence-electron chi connectivity index (χ1n) is 10.9. The van der Waals surface area contributed by atoms with Crippen LogP contribution in [0, 0.1) is 13.8 Å². The minimum atomic E-state index is -0.0202. The van der Waals surface area contributed by atoms with Crippen molar-refractivity contribution in [2.45, 2.75) is 46.6 Å². The van der Waals surface area contributed by atoms with Crippen molar-refractivity contribution in [3.63, 3.8) is 0 Å². The number of rotatable bonds is 7. The fourth-order valence-corrected chi connectivity index (χ4v) is 3.53. The van der Waals surface area contributed by atoms with Gasteiger partial charge in [-0.05, 0) is 60.2 Å². The first-order valence-corrected chi connectivity index (χ1v) is 10.9. The second-order valence-electron chi connectivity index (χ2n) is 9.17. The number of hydrogen-bond acceptors (Lipinski definition) is 3. The Hall–Kier alpha value is -3.33. The van der Waals surface area contributed by atoms with E-state index in [9.17, 15) is 4.79 Å². The summed E-state index contributed by atoms with van der Waals surface area (Å²) >= 11 is 0. The number of allylic oxidation sites excluding steroid dienone is 1. The minimum absolute atomic E-state index is 0.0198. The number of carbonyl (C=O) groups excluding carboxylic acids is 1. The monoisotopic (exact) mass is 428 g/mol.